The van der Waals surface area contributed by atoms with Crippen molar-refractivity contribution in [2.45, 2.75) is 130 Å². The normalized spacial score (nSPS) is 17.5. The summed E-state index contributed by atoms with van der Waals surface area (Å²) in [5.74, 6) is 0.282. The van der Waals surface area contributed by atoms with Crippen molar-refractivity contribution in [3.8, 4) is 22.6 Å². The molecule has 2 heterocycles. The highest BCUT2D eigenvalue weighted by Gasteiger charge is 2.50. The van der Waals surface area contributed by atoms with Gasteiger partial charge in [-0.25, -0.2) is 9.59 Å². The molecule has 0 saturated carbocycles. The predicted octanol–water partition coefficient (Wildman–Crippen LogP) is 9.10. The van der Waals surface area contributed by atoms with Crippen LogP contribution in [0.2, 0.25) is 0 Å². The van der Waals surface area contributed by atoms with Gasteiger partial charge in [0.1, 0.15) is 11.5 Å². The first-order chi connectivity index (χ1) is 25.6. The lowest BCUT2D eigenvalue weighted by Crippen LogP contribution is -2.66. The topological polar surface area (TPSA) is 102 Å². The van der Waals surface area contributed by atoms with Gasteiger partial charge in [-0.15, -0.1) is 0 Å². The van der Waals surface area contributed by atoms with E-state index in [-0.39, 0.29) is 30.2 Å². The largest absolute Gasteiger partial charge is 0.494 e. The maximum Gasteiger partial charge on any atom is 0.333 e. The van der Waals surface area contributed by atoms with Gasteiger partial charge in [-0.3, -0.25) is 0 Å². The number of esters is 2. The van der Waals surface area contributed by atoms with Crippen LogP contribution in [0.25, 0.3) is 11.1 Å². The number of hydrogen-bond acceptors (Lipinski definition) is 9. The quantitative estimate of drug-likeness (QED) is 0.0808. The molecule has 298 valence electrons. The Morgan fingerprint density at radius 2 is 1.28 bits per heavy atom. The Labute approximate surface area is 324 Å². The fourth-order valence-electron chi connectivity index (χ4n) is 7.59. The molecule has 9 heteroatoms. The van der Waals surface area contributed by atoms with Crippen LogP contribution in [0, 0.1) is 5.92 Å². The van der Waals surface area contributed by atoms with Crippen LogP contribution in [0.4, 0.5) is 0 Å². The van der Waals surface area contributed by atoms with Crippen molar-refractivity contribution in [1.29, 1.82) is 0 Å². The van der Waals surface area contributed by atoms with Gasteiger partial charge in [-0.05, 0) is 120 Å². The number of carbonyl (C=O) groups excluding carboxylic acids is 2. The molecule has 1 spiro atoms. The summed E-state index contributed by atoms with van der Waals surface area (Å²) in [6.07, 6.45) is 8.63. The Bertz CT molecular complexity index is 1500. The van der Waals surface area contributed by atoms with Gasteiger partial charge in [0.15, 0.2) is 5.79 Å². The van der Waals surface area contributed by atoms with E-state index in [4.69, 9.17) is 28.4 Å². The zero-order valence-corrected chi connectivity index (χ0v) is 34.0. The molecule has 0 unspecified atom stereocenters. The number of rotatable bonds is 20. The molecule has 54 heavy (non-hydrogen) atoms. The van der Waals surface area contributed by atoms with E-state index in [0.29, 0.717) is 63.3 Å². The van der Waals surface area contributed by atoms with Gasteiger partial charge in [0.05, 0.1) is 39.6 Å². The first-order valence-corrected chi connectivity index (χ1v) is 19.9. The lowest BCUT2D eigenvalue weighted by molar-refractivity contribution is -0.312. The molecule has 2 saturated heterocycles. The highest BCUT2D eigenvalue weighted by Crippen LogP contribution is 2.42. The summed E-state index contributed by atoms with van der Waals surface area (Å²) in [5.41, 5.74) is 4.64. The Balaban J connectivity index is 1.56. The van der Waals surface area contributed by atoms with Gasteiger partial charge in [0.25, 0.3) is 0 Å². The van der Waals surface area contributed by atoms with Crippen LogP contribution in [0.15, 0.2) is 60.7 Å². The third kappa shape index (κ3) is 13.3. The molecule has 2 fully saturated rings. The van der Waals surface area contributed by atoms with Crippen molar-refractivity contribution in [3.63, 3.8) is 0 Å². The average Bonchev–Trinajstić information content (AvgIpc) is 3.10. The molecule has 9 nitrogen and oxygen atoms in total. The molecule has 0 bridgehead atoms. The second-order valence-electron chi connectivity index (χ2n) is 16.6. The Kier molecular flexibility index (Phi) is 15.8. The highest BCUT2D eigenvalue weighted by atomic mass is 16.7. The van der Waals surface area contributed by atoms with Crippen molar-refractivity contribution in [2.75, 3.05) is 39.6 Å². The van der Waals surface area contributed by atoms with Gasteiger partial charge in [0.2, 0.25) is 0 Å². The van der Waals surface area contributed by atoms with Gasteiger partial charge in [-0.1, -0.05) is 51.5 Å². The van der Waals surface area contributed by atoms with E-state index >= 15 is 0 Å². The monoisotopic (exact) mass is 747 g/mol. The third-order valence-corrected chi connectivity index (χ3v) is 9.77. The Morgan fingerprint density at radius 1 is 0.741 bits per heavy atom. The van der Waals surface area contributed by atoms with Gasteiger partial charge in [-0.2, -0.15) is 0 Å². The number of hydrogen-bond donors (Lipinski definition) is 1. The molecule has 2 aromatic carbocycles. The second kappa shape index (κ2) is 19.8. The summed E-state index contributed by atoms with van der Waals surface area (Å²) in [6.45, 7) is 24.4. The van der Waals surface area contributed by atoms with E-state index in [2.05, 4.69) is 77.4 Å². The van der Waals surface area contributed by atoms with E-state index in [1.807, 2.05) is 12.1 Å². The number of ether oxygens (including phenoxy) is 6. The first kappa shape index (κ1) is 43.1. The summed E-state index contributed by atoms with van der Waals surface area (Å²) in [5, 5.41) is 3.72. The summed E-state index contributed by atoms with van der Waals surface area (Å²) in [6, 6.07) is 12.6. The van der Waals surface area contributed by atoms with Crippen LogP contribution in [0.1, 0.15) is 111 Å². The lowest BCUT2D eigenvalue weighted by atomic mass is 9.78. The molecule has 4 rings (SSSR count). The minimum atomic E-state index is -0.620. The first-order valence-electron chi connectivity index (χ1n) is 19.9. The van der Waals surface area contributed by atoms with Crippen molar-refractivity contribution in [1.82, 2.24) is 5.32 Å². The van der Waals surface area contributed by atoms with Gasteiger partial charge < -0.3 is 33.7 Å². The van der Waals surface area contributed by atoms with Crippen molar-refractivity contribution < 1.29 is 38.0 Å². The molecule has 0 atom stereocenters. The Morgan fingerprint density at radius 3 is 1.78 bits per heavy atom. The molecular weight excluding hydrogens is 682 g/mol. The lowest BCUT2D eigenvalue weighted by Gasteiger charge is -2.54. The van der Waals surface area contributed by atoms with Crippen LogP contribution in [-0.2, 0) is 41.4 Å². The summed E-state index contributed by atoms with van der Waals surface area (Å²) in [4.78, 5) is 24.3. The molecule has 2 aliphatic rings. The average molecular weight is 748 g/mol. The number of nitrogens with one attached hydrogen (secondary N) is 1. The van der Waals surface area contributed by atoms with Crippen LogP contribution >= 0.6 is 0 Å². The molecule has 0 aliphatic carbocycles. The van der Waals surface area contributed by atoms with Crippen molar-refractivity contribution in [2.24, 2.45) is 5.92 Å². The maximum absolute atomic E-state index is 12.1. The standard InChI is InChI=1S/C45H65NO8/c1-10-11-12-13-22-49-39-20-18-35(19-21-39)38-25-36(16-14-23-50-41(47)32(2)3)40(37(26-38)17-15-24-51-42(48)33(4)5)52-27-34-28-53-45(54-29-34)30-43(6,7)46-44(8,9)31-45/h18-21,25-26,34,46H,2,4,10-17,22-24,27-31H2,1,3,5-9H3. The van der Waals surface area contributed by atoms with E-state index in [9.17, 15) is 9.59 Å². The molecule has 2 aromatic rings. The maximum atomic E-state index is 12.1. The van der Waals surface area contributed by atoms with Gasteiger partial charge >= 0.3 is 11.9 Å². The smallest absolute Gasteiger partial charge is 0.333 e. The highest BCUT2D eigenvalue weighted by molar-refractivity contribution is 5.87. The molecule has 0 amide bonds. The third-order valence-electron chi connectivity index (χ3n) is 9.77. The van der Waals surface area contributed by atoms with Crippen LogP contribution < -0.4 is 14.8 Å². The van der Waals surface area contributed by atoms with Crippen LogP contribution in [0.5, 0.6) is 11.5 Å². The summed E-state index contributed by atoms with van der Waals surface area (Å²) < 4.78 is 36.8. The molecule has 0 aromatic heterocycles. The molecule has 0 radical (unpaired) electrons. The van der Waals surface area contributed by atoms with E-state index in [1.54, 1.807) is 13.8 Å². The van der Waals surface area contributed by atoms with E-state index in [0.717, 1.165) is 53.0 Å². The zero-order chi connectivity index (χ0) is 39.4. The van der Waals surface area contributed by atoms with E-state index < -0.39 is 17.7 Å². The van der Waals surface area contributed by atoms with Crippen LogP contribution in [-0.4, -0.2) is 68.4 Å². The molecule has 2 aliphatic heterocycles. The number of aryl methyl sites for hydroxylation is 2. The fraction of sp³-hybridized carbons (Fsp3) is 0.600. The second-order valence-corrected chi connectivity index (χ2v) is 16.6. The van der Waals surface area contributed by atoms with Crippen molar-refractivity contribution >= 4 is 11.9 Å². The number of benzene rings is 2. The minimum Gasteiger partial charge on any atom is -0.494 e. The minimum absolute atomic E-state index is 0.0414. The van der Waals surface area contributed by atoms with E-state index in [1.165, 1.54) is 19.3 Å². The zero-order valence-electron chi connectivity index (χ0n) is 34.0. The van der Waals surface area contributed by atoms with Crippen molar-refractivity contribution in [3.05, 3.63) is 71.8 Å². The van der Waals surface area contributed by atoms with Gasteiger partial charge in [0, 0.05) is 41.0 Å². The molecule has 1 N–H and O–H groups in total. The van der Waals surface area contributed by atoms with Crippen LogP contribution in [0.3, 0.4) is 0 Å². The number of piperidine rings is 1. The molecular formula is C45H65NO8. The fourth-order valence-corrected chi connectivity index (χ4v) is 7.59. The Hall–Kier alpha value is -3.66. The number of carbonyl (C=O) groups is 2. The number of unbranched alkanes of at least 4 members (excludes halogenated alkanes) is 3. The SMILES string of the molecule is C=C(C)C(=O)OCCCc1cc(-c2ccc(OCCCCCC)cc2)cc(CCCOC(=O)C(=C)C)c1OCC1COC2(CC(C)(C)NC(C)(C)C2)OC1. The summed E-state index contributed by atoms with van der Waals surface area (Å²) in [7, 11) is 0. The predicted molar refractivity (Wildman–Crippen MR) is 214 cm³/mol. The summed E-state index contributed by atoms with van der Waals surface area (Å²) >= 11 is 0.